The predicted molar refractivity (Wildman–Crippen MR) is 67.2 cm³/mol. The topological polar surface area (TPSA) is 51.8 Å². The van der Waals surface area contributed by atoms with Crippen molar-refractivity contribution >= 4 is 39.1 Å². The third-order valence-electron chi connectivity index (χ3n) is 1.79. The Kier molecular flexibility index (Phi) is 2.69. The summed E-state index contributed by atoms with van der Waals surface area (Å²) in [5, 5.41) is 9.23. The lowest BCUT2D eigenvalue weighted by Gasteiger charge is -2.00. The molecule has 5 heteroatoms. The van der Waals surface area contributed by atoms with Crippen LogP contribution in [0.25, 0.3) is 10.6 Å². The first-order chi connectivity index (χ1) is 6.66. The zero-order chi connectivity index (χ0) is 10.1. The normalized spacial score (nSPS) is 10.4. The predicted octanol–water partition coefficient (Wildman–Crippen LogP) is 2.70. The molecule has 3 nitrogen and oxygen atoms in total. The number of benzene rings is 1. The van der Waals surface area contributed by atoms with E-state index in [-0.39, 0.29) is 0 Å². The van der Waals surface area contributed by atoms with Crippen LogP contribution in [0.3, 0.4) is 0 Å². The number of rotatable bonds is 1. The van der Waals surface area contributed by atoms with Gasteiger partial charge in [-0.05, 0) is 41.6 Å². The number of aryl methyl sites for hydroxylation is 1. The Morgan fingerprint density at radius 3 is 2.79 bits per heavy atom. The van der Waals surface area contributed by atoms with Gasteiger partial charge >= 0.3 is 0 Å². The van der Waals surface area contributed by atoms with Gasteiger partial charge in [0.1, 0.15) is 0 Å². The first-order valence-electron chi connectivity index (χ1n) is 4.02. The van der Waals surface area contributed by atoms with Gasteiger partial charge in [0.15, 0.2) is 5.01 Å². The van der Waals surface area contributed by atoms with E-state index >= 15 is 0 Å². The van der Waals surface area contributed by atoms with Crippen molar-refractivity contribution in [3.05, 3.63) is 27.3 Å². The van der Waals surface area contributed by atoms with Crippen molar-refractivity contribution in [1.29, 1.82) is 0 Å². The Hall–Kier alpha value is -0.690. The molecule has 0 amide bonds. The van der Waals surface area contributed by atoms with Crippen LogP contribution in [0.5, 0.6) is 0 Å². The minimum absolute atomic E-state index is 0.511. The third kappa shape index (κ3) is 1.88. The number of nitrogens with two attached hydrogens (primary N) is 1. The number of anilines is 1. The highest BCUT2D eigenvalue weighted by Gasteiger charge is 2.08. The molecule has 0 radical (unpaired) electrons. The van der Waals surface area contributed by atoms with Crippen molar-refractivity contribution in [3.8, 4) is 10.6 Å². The molecule has 1 heterocycles. The summed E-state index contributed by atoms with van der Waals surface area (Å²) in [6.45, 7) is 2.06. The molecule has 0 aliphatic carbocycles. The number of nitrogen functional groups attached to an aromatic ring is 1. The van der Waals surface area contributed by atoms with E-state index in [4.69, 9.17) is 5.73 Å². The minimum Gasteiger partial charge on any atom is -0.374 e. The standard InChI is InChI=1S/C9H8IN3S/c1-5-2-3-7(10)6(4-5)8-12-13-9(11)14-8/h2-4H,1H3,(H2,11,13). The summed E-state index contributed by atoms with van der Waals surface area (Å²) in [7, 11) is 0. The fourth-order valence-corrected chi connectivity index (χ4v) is 2.56. The molecule has 2 N–H and O–H groups in total. The summed E-state index contributed by atoms with van der Waals surface area (Å²) in [5.41, 5.74) is 7.87. The molecule has 0 saturated heterocycles. The molecule has 0 saturated carbocycles. The highest BCUT2D eigenvalue weighted by atomic mass is 127. The monoisotopic (exact) mass is 317 g/mol. The zero-order valence-electron chi connectivity index (χ0n) is 7.49. The lowest BCUT2D eigenvalue weighted by atomic mass is 10.1. The molecule has 2 aromatic rings. The molecule has 0 aliphatic rings. The second kappa shape index (κ2) is 3.82. The first kappa shape index (κ1) is 9.85. The maximum atomic E-state index is 5.55. The Morgan fingerprint density at radius 1 is 1.36 bits per heavy atom. The van der Waals surface area contributed by atoms with Gasteiger partial charge in [-0.3, -0.25) is 0 Å². The largest absolute Gasteiger partial charge is 0.374 e. The molecule has 0 bridgehead atoms. The van der Waals surface area contributed by atoms with E-state index in [1.807, 2.05) is 0 Å². The third-order valence-corrected chi connectivity index (χ3v) is 3.52. The van der Waals surface area contributed by atoms with Gasteiger partial charge in [-0.25, -0.2) is 0 Å². The van der Waals surface area contributed by atoms with Crippen LogP contribution in [0.4, 0.5) is 5.13 Å². The first-order valence-corrected chi connectivity index (χ1v) is 5.92. The number of hydrogen-bond donors (Lipinski definition) is 1. The number of aromatic nitrogens is 2. The van der Waals surface area contributed by atoms with Gasteiger partial charge in [-0.1, -0.05) is 23.0 Å². The molecule has 1 aromatic carbocycles. The highest BCUT2D eigenvalue weighted by molar-refractivity contribution is 14.1. The Morgan fingerprint density at radius 2 is 2.14 bits per heavy atom. The molecule has 14 heavy (non-hydrogen) atoms. The van der Waals surface area contributed by atoms with Crippen LogP contribution in [-0.4, -0.2) is 10.2 Å². The van der Waals surface area contributed by atoms with Gasteiger partial charge in [0.25, 0.3) is 0 Å². The molecule has 0 aliphatic heterocycles. The molecule has 72 valence electrons. The van der Waals surface area contributed by atoms with Crippen LogP contribution in [0.15, 0.2) is 18.2 Å². The highest BCUT2D eigenvalue weighted by Crippen LogP contribution is 2.29. The number of nitrogens with zero attached hydrogens (tertiary/aromatic N) is 2. The second-order valence-electron chi connectivity index (χ2n) is 2.93. The van der Waals surface area contributed by atoms with Crippen molar-refractivity contribution in [2.45, 2.75) is 6.92 Å². The van der Waals surface area contributed by atoms with Crippen LogP contribution >= 0.6 is 33.9 Å². The molecule has 1 aromatic heterocycles. The average Bonchev–Trinajstić information content (AvgIpc) is 2.56. The summed E-state index contributed by atoms with van der Waals surface area (Å²) in [5.74, 6) is 0. The molecule has 0 fully saturated rings. The quantitative estimate of drug-likeness (QED) is 0.823. The van der Waals surface area contributed by atoms with Crippen molar-refractivity contribution in [2.75, 3.05) is 5.73 Å². The van der Waals surface area contributed by atoms with Crippen molar-refractivity contribution in [3.63, 3.8) is 0 Å². The number of hydrogen-bond acceptors (Lipinski definition) is 4. The lowest BCUT2D eigenvalue weighted by Crippen LogP contribution is -1.83. The van der Waals surface area contributed by atoms with E-state index in [1.165, 1.54) is 20.5 Å². The zero-order valence-corrected chi connectivity index (χ0v) is 10.5. The fourth-order valence-electron chi connectivity index (χ4n) is 1.15. The van der Waals surface area contributed by atoms with Crippen LogP contribution in [-0.2, 0) is 0 Å². The summed E-state index contributed by atoms with van der Waals surface area (Å²) in [6.07, 6.45) is 0. The van der Waals surface area contributed by atoms with E-state index in [9.17, 15) is 0 Å². The van der Waals surface area contributed by atoms with Crippen LogP contribution in [0.1, 0.15) is 5.56 Å². The molecule has 0 unspecified atom stereocenters. The van der Waals surface area contributed by atoms with E-state index in [2.05, 4.69) is 57.9 Å². The Bertz CT molecular complexity index is 467. The Labute approximate surface area is 99.5 Å². The van der Waals surface area contributed by atoms with Crippen LogP contribution in [0, 0.1) is 10.5 Å². The lowest BCUT2D eigenvalue weighted by molar-refractivity contribution is 1.10. The average molecular weight is 317 g/mol. The molecule has 0 atom stereocenters. The van der Waals surface area contributed by atoms with E-state index in [0.717, 1.165) is 10.6 Å². The summed E-state index contributed by atoms with van der Waals surface area (Å²) >= 11 is 3.70. The van der Waals surface area contributed by atoms with E-state index in [1.54, 1.807) is 0 Å². The number of halogens is 1. The van der Waals surface area contributed by atoms with Gasteiger partial charge in [0, 0.05) is 9.13 Å². The maximum absolute atomic E-state index is 5.55. The SMILES string of the molecule is Cc1ccc(I)c(-c2nnc(N)s2)c1. The van der Waals surface area contributed by atoms with Crippen molar-refractivity contribution in [1.82, 2.24) is 10.2 Å². The van der Waals surface area contributed by atoms with Gasteiger partial charge < -0.3 is 5.73 Å². The van der Waals surface area contributed by atoms with Gasteiger partial charge in [-0.15, -0.1) is 10.2 Å². The van der Waals surface area contributed by atoms with Crippen LogP contribution in [0.2, 0.25) is 0 Å². The van der Waals surface area contributed by atoms with Gasteiger partial charge in [-0.2, -0.15) is 0 Å². The van der Waals surface area contributed by atoms with Gasteiger partial charge in [0.05, 0.1) is 0 Å². The smallest absolute Gasteiger partial charge is 0.203 e. The molecular weight excluding hydrogens is 309 g/mol. The molecular formula is C9H8IN3S. The summed E-state index contributed by atoms with van der Waals surface area (Å²) in [6, 6.07) is 6.25. The van der Waals surface area contributed by atoms with Crippen LogP contribution < -0.4 is 5.73 Å². The van der Waals surface area contributed by atoms with E-state index in [0.29, 0.717) is 5.13 Å². The van der Waals surface area contributed by atoms with E-state index < -0.39 is 0 Å². The summed E-state index contributed by atoms with van der Waals surface area (Å²) < 4.78 is 1.17. The minimum atomic E-state index is 0.511. The maximum Gasteiger partial charge on any atom is 0.203 e. The fraction of sp³-hybridized carbons (Fsp3) is 0.111. The van der Waals surface area contributed by atoms with Gasteiger partial charge in [0.2, 0.25) is 5.13 Å². The molecule has 0 spiro atoms. The molecule has 2 rings (SSSR count). The summed E-state index contributed by atoms with van der Waals surface area (Å²) in [4.78, 5) is 0. The van der Waals surface area contributed by atoms with Crippen molar-refractivity contribution in [2.24, 2.45) is 0 Å². The van der Waals surface area contributed by atoms with Crippen molar-refractivity contribution < 1.29 is 0 Å². The Balaban J connectivity index is 2.55. The second-order valence-corrected chi connectivity index (χ2v) is 5.10.